The van der Waals surface area contributed by atoms with Crippen molar-refractivity contribution in [1.29, 1.82) is 0 Å². The molecule has 0 radical (unpaired) electrons. The number of ether oxygens (including phenoxy) is 2. The van der Waals surface area contributed by atoms with Gasteiger partial charge in [-0.3, -0.25) is 9.36 Å². The Morgan fingerprint density at radius 3 is 2.45 bits per heavy atom. The topological polar surface area (TPSA) is 69.9 Å². The lowest BCUT2D eigenvalue weighted by molar-refractivity contribution is -0.138. The summed E-state index contributed by atoms with van der Waals surface area (Å²) in [4.78, 5) is 33.9. The molecule has 38 heavy (non-hydrogen) atoms. The van der Waals surface area contributed by atoms with E-state index in [1.807, 2.05) is 91.2 Å². The Bertz CT molecular complexity index is 1690. The highest BCUT2D eigenvalue weighted by atomic mass is 32.2. The molecule has 192 valence electrons. The molecule has 0 saturated heterocycles. The Morgan fingerprint density at radius 2 is 1.76 bits per heavy atom. The molecule has 8 heteroatoms. The number of esters is 1. The summed E-state index contributed by atoms with van der Waals surface area (Å²) < 4.78 is 13.1. The molecule has 0 aliphatic carbocycles. The maximum absolute atomic E-state index is 14.0. The number of aromatic nitrogens is 1. The molecule has 1 atom stereocenters. The number of carbonyl (C=O) groups is 1. The second kappa shape index (κ2) is 11.2. The smallest absolute Gasteiger partial charge is 0.338 e. The summed E-state index contributed by atoms with van der Waals surface area (Å²) in [5.41, 5.74) is 2.99. The van der Waals surface area contributed by atoms with Crippen LogP contribution in [0.3, 0.4) is 0 Å². The van der Waals surface area contributed by atoms with Gasteiger partial charge < -0.3 is 9.47 Å². The van der Waals surface area contributed by atoms with Crippen molar-refractivity contribution in [1.82, 2.24) is 4.57 Å². The highest BCUT2D eigenvalue weighted by molar-refractivity contribution is 7.98. The fraction of sp³-hybridized carbons (Fsp3) is 0.167. The highest BCUT2D eigenvalue weighted by Crippen LogP contribution is 2.35. The van der Waals surface area contributed by atoms with Crippen molar-refractivity contribution in [3.63, 3.8) is 0 Å². The van der Waals surface area contributed by atoms with Crippen molar-refractivity contribution in [3.8, 4) is 5.75 Å². The number of thiazole rings is 1. The number of methoxy groups -OCH3 is 1. The third-order valence-electron chi connectivity index (χ3n) is 6.23. The number of fused-ring (bicyclic) bond motifs is 1. The van der Waals surface area contributed by atoms with Crippen LogP contribution in [0.5, 0.6) is 5.75 Å². The van der Waals surface area contributed by atoms with E-state index < -0.39 is 12.0 Å². The van der Waals surface area contributed by atoms with E-state index in [0.717, 1.165) is 21.6 Å². The normalized spacial score (nSPS) is 15.1. The number of hydrogen-bond donors (Lipinski definition) is 0. The number of thioether (sulfide) groups is 1. The van der Waals surface area contributed by atoms with Crippen molar-refractivity contribution < 1.29 is 14.3 Å². The number of nitrogens with zero attached hydrogens (tertiary/aromatic N) is 2. The van der Waals surface area contributed by atoms with E-state index >= 15 is 0 Å². The van der Waals surface area contributed by atoms with Crippen molar-refractivity contribution in [3.05, 3.63) is 121 Å². The quantitative estimate of drug-likeness (QED) is 0.251. The van der Waals surface area contributed by atoms with Crippen LogP contribution in [0, 0.1) is 0 Å². The zero-order valence-corrected chi connectivity index (χ0v) is 22.8. The van der Waals surface area contributed by atoms with Gasteiger partial charge in [0.2, 0.25) is 0 Å². The number of para-hydroxylation sites is 1. The van der Waals surface area contributed by atoms with Gasteiger partial charge in [-0.25, -0.2) is 9.79 Å². The SMILES string of the molecule is CCOC(=O)C1=C(c2ccccc2)N=c2s/c(=C/c3ccccc3OC)c(=O)n2[C@H]1c1ccc(SC)cc1. The maximum Gasteiger partial charge on any atom is 0.338 e. The molecule has 1 aliphatic heterocycles. The van der Waals surface area contributed by atoms with Crippen LogP contribution in [-0.4, -0.2) is 30.5 Å². The molecule has 3 aromatic carbocycles. The van der Waals surface area contributed by atoms with Gasteiger partial charge in [0.1, 0.15) is 5.75 Å². The molecule has 1 aromatic heterocycles. The van der Waals surface area contributed by atoms with Crippen LogP contribution >= 0.6 is 23.1 Å². The Kier molecular flexibility index (Phi) is 7.62. The van der Waals surface area contributed by atoms with Gasteiger partial charge in [0.15, 0.2) is 4.80 Å². The second-order valence-electron chi connectivity index (χ2n) is 8.45. The summed E-state index contributed by atoms with van der Waals surface area (Å²) in [5, 5.41) is 0. The van der Waals surface area contributed by atoms with Crippen molar-refractivity contribution in [2.24, 2.45) is 4.99 Å². The van der Waals surface area contributed by atoms with E-state index in [4.69, 9.17) is 14.5 Å². The molecule has 0 amide bonds. The van der Waals surface area contributed by atoms with Gasteiger partial charge in [0, 0.05) is 16.0 Å². The monoisotopic (exact) mass is 542 g/mol. The molecule has 0 unspecified atom stereocenters. The van der Waals surface area contributed by atoms with Gasteiger partial charge in [-0.15, -0.1) is 11.8 Å². The third kappa shape index (κ3) is 4.85. The molecule has 0 fully saturated rings. The first-order valence-corrected chi connectivity index (χ1v) is 14.1. The minimum absolute atomic E-state index is 0.209. The van der Waals surface area contributed by atoms with Crippen molar-refractivity contribution in [2.75, 3.05) is 20.0 Å². The van der Waals surface area contributed by atoms with Gasteiger partial charge in [-0.05, 0) is 43.0 Å². The number of carbonyl (C=O) groups excluding carboxylic acids is 1. The van der Waals surface area contributed by atoms with Crippen LogP contribution in [0.15, 0.2) is 99.1 Å². The van der Waals surface area contributed by atoms with Crippen LogP contribution in [0.1, 0.15) is 29.7 Å². The summed E-state index contributed by atoms with van der Waals surface area (Å²) in [7, 11) is 1.60. The van der Waals surface area contributed by atoms with E-state index in [2.05, 4.69) is 0 Å². The minimum Gasteiger partial charge on any atom is -0.496 e. The Hall–Kier alpha value is -3.88. The average molecular weight is 543 g/mol. The molecule has 1 aliphatic rings. The Labute approximate surface area is 228 Å². The molecule has 0 N–H and O–H groups in total. The second-order valence-corrected chi connectivity index (χ2v) is 10.3. The summed E-state index contributed by atoms with van der Waals surface area (Å²) >= 11 is 2.92. The molecular formula is C30H26N2O4S2. The maximum atomic E-state index is 14.0. The fourth-order valence-corrected chi connectivity index (χ4v) is 5.87. The van der Waals surface area contributed by atoms with Crippen LogP contribution in [-0.2, 0) is 9.53 Å². The summed E-state index contributed by atoms with van der Waals surface area (Å²) in [6.07, 6.45) is 3.82. The van der Waals surface area contributed by atoms with E-state index in [1.54, 1.807) is 30.4 Å². The Morgan fingerprint density at radius 1 is 1.05 bits per heavy atom. The number of hydrogen-bond acceptors (Lipinski definition) is 7. The standard InChI is InChI=1S/C30H26N2O4S2/c1-4-36-29(34)25-26(19-10-6-5-7-11-19)31-30-32(27(25)20-14-16-22(37-3)17-15-20)28(33)24(38-30)18-21-12-8-9-13-23(21)35-2/h5-18,27H,4H2,1-3H3/b24-18+/t27-/m0/s1. The van der Waals surface area contributed by atoms with Crippen LogP contribution in [0.25, 0.3) is 11.8 Å². The first-order chi connectivity index (χ1) is 18.5. The Balaban J connectivity index is 1.83. The fourth-order valence-electron chi connectivity index (χ4n) is 4.47. The zero-order chi connectivity index (χ0) is 26.6. The molecule has 0 bridgehead atoms. The first kappa shape index (κ1) is 25.8. The van der Waals surface area contributed by atoms with Crippen LogP contribution < -0.4 is 19.6 Å². The lowest BCUT2D eigenvalue weighted by Crippen LogP contribution is -2.40. The lowest BCUT2D eigenvalue weighted by Gasteiger charge is -2.26. The van der Waals surface area contributed by atoms with E-state index in [1.165, 1.54) is 11.3 Å². The van der Waals surface area contributed by atoms with Crippen LogP contribution in [0.2, 0.25) is 0 Å². The summed E-state index contributed by atoms with van der Waals surface area (Å²) in [6, 6.07) is 24.3. The summed E-state index contributed by atoms with van der Waals surface area (Å²) in [6.45, 7) is 1.98. The number of rotatable bonds is 7. The van der Waals surface area contributed by atoms with Gasteiger partial charge in [0.05, 0.1) is 35.6 Å². The van der Waals surface area contributed by atoms with Gasteiger partial charge >= 0.3 is 5.97 Å². The number of benzene rings is 3. The predicted octanol–water partition coefficient (Wildman–Crippen LogP) is 4.67. The van der Waals surface area contributed by atoms with Crippen molar-refractivity contribution >= 4 is 40.8 Å². The van der Waals surface area contributed by atoms with Gasteiger partial charge in [-0.1, -0.05) is 72.0 Å². The summed E-state index contributed by atoms with van der Waals surface area (Å²) in [5.74, 6) is 0.174. The molecular weight excluding hydrogens is 516 g/mol. The zero-order valence-electron chi connectivity index (χ0n) is 21.2. The lowest BCUT2D eigenvalue weighted by atomic mass is 9.93. The van der Waals surface area contributed by atoms with E-state index in [9.17, 15) is 9.59 Å². The molecule has 0 spiro atoms. The molecule has 0 saturated carbocycles. The highest BCUT2D eigenvalue weighted by Gasteiger charge is 2.35. The molecule has 6 nitrogen and oxygen atoms in total. The largest absolute Gasteiger partial charge is 0.496 e. The van der Waals surface area contributed by atoms with E-state index in [-0.39, 0.29) is 12.2 Å². The first-order valence-electron chi connectivity index (χ1n) is 12.1. The van der Waals surface area contributed by atoms with Gasteiger partial charge in [0.25, 0.3) is 5.56 Å². The van der Waals surface area contributed by atoms with E-state index in [0.29, 0.717) is 26.4 Å². The molecule has 4 aromatic rings. The average Bonchev–Trinajstić information content (AvgIpc) is 3.27. The molecule has 2 heterocycles. The minimum atomic E-state index is -0.698. The van der Waals surface area contributed by atoms with Crippen molar-refractivity contribution in [2.45, 2.75) is 17.9 Å². The molecule has 5 rings (SSSR count). The predicted molar refractivity (Wildman–Crippen MR) is 152 cm³/mol. The van der Waals surface area contributed by atoms with Crippen LogP contribution in [0.4, 0.5) is 0 Å². The van der Waals surface area contributed by atoms with Gasteiger partial charge in [-0.2, -0.15) is 0 Å². The third-order valence-corrected chi connectivity index (χ3v) is 7.96.